The maximum atomic E-state index is 12.7. The van der Waals surface area contributed by atoms with E-state index < -0.39 is 0 Å². The van der Waals surface area contributed by atoms with E-state index in [0.717, 1.165) is 51.0 Å². The van der Waals surface area contributed by atoms with Crippen molar-refractivity contribution in [2.24, 2.45) is 5.92 Å². The average Bonchev–Trinajstić information content (AvgIpc) is 3.05. The van der Waals surface area contributed by atoms with Gasteiger partial charge in [-0.3, -0.25) is 4.79 Å². The zero-order valence-electron chi connectivity index (χ0n) is 13.5. The number of carbonyl (C=O) groups excluding carboxylic acids is 1. The predicted molar refractivity (Wildman–Crippen MR) is 83.4 cm³/mol. The van der Waals surface area contributed by atoms with Gasteiger partial charge in [0.1, 0.15) is 0 Å². The Hall–Kier alpha value is -1.65. The maximum absolute atomic E-state index is 12.7. The van der Waals surface area contributed by atoms with Crippen LogP contribution in [-0.2, 0) is 4.79 Å². The minimum atomic E-state index is 0.167. The van der Waals surface area contributed by atoms with E-state index in [1.807, 2.05) is 18.7 Å². The lowest BCUT2D eigenvalue weighted by molar-refractivity contribution is -0.137. The summed E-state index contributed by atoms with van der Waals surface area (Å²) in [5.41, 5.74) is 0. The second kappa shape index (κ2) is 6.63. The zero-order valence-corrected chi connectivity index (χ0v) is 13.5. The van der Waals surface area contributed by atoms with Gasteiger partial charge in [0.05, 0.1) is 0 Å². The van der Waals surface area contributed by atoms with Gasteiger partial charge in [-0.2, -0.15) is 4.98 Å². The summed E-state index contributed by atoms with van der Waals surface area (Å²) < 4.78 is 5.32. The molecule has 0 bridgehead atoms. The van der Waals surface area contributed by atoms with Gasteiger partial charge in [-0.05, 0) is 32.1 Å². The maximum Gasteiger partial charge on any atom is 0.229 e. The van der Waals surface area contributed by atoms with Crippen LogP contribution in [0, 0.1) is 5.92 Å². The smallest absolute Gasteiger partial charge is 0.229 e. The highest BCUT2D eigenvalue weighted by Crippen LogP contribution is 2.29. The average molecular weight is 303 g/mol. The fourth-order valence-corrected chi connectivity index (χ4v) is 3.31. The van der Waals surface area contributed by atoms with Gasteiger partial charge in [-0.25, -0.2) is 0 Å². The Kier molecular flexibility index (Phi) is 4.60. The molecule has 0 unspecified atom stereocenters. The van der Waals surface area contributed by atoms with Crippen molar-refractivity contribution in [3.05, 3.63) is 23.9 Å². The molecule has 1 saturated heterocycles. The molecule has 0 spiro atoms. The van der Waals surface area contributed by atoms with Crippen LogP contribution in [0.2, 0.25) is 0 Å². The molecule has 0 radical (unpaired) electrons. The quantitative estimate of drug-likeness (QED) is 0.804. The van der Waals surface area contributed by atoms with E-state index in [1.165, 1.54) is 0 Å². The molecular weight excluding hydrogens is 278 g/mol. The highest BCUT2D eigenvalue weighted by atomic mass is 16.5. The second-order valence-corrected chi connectivity index (χ2v) is 6.75. The first kappa shape index (κ1) is 15.3. The lowest BCUT2D eigenvalue weighted by Crippen LogP contribution is -2.42. The van der Waals surface area contributed by atoms with Gasteiger partial charge < -0.3 is 9.42 Å². The SMILES string of the molecule is CC(C)c1nc([C@H]2CCCN(C(=O)[C@H]3CC=CCC3)C2)no1. The van der Waals surface area contributed by atoms with E-state index >= 15 is 0 Å². The summed E-state index contributed by atoms with van der Waals surface area (Å²) in [5.74, 6) is 2.40. The number of likely N-dealkylation sites (tertiary alicyclic amines) is 1. The molecule has 1 aromatic rings. The lowest BCUT2D eigenvalue weighted by Gasteiger charge is -2.34. The Morgan fingerprint density at radius 3 is 2.91 bits per heavy atom. The van der Waals surface area contributed by atoms with Crippen LogP contribution in [0.5, 0.6) is 0 Å². The van der Waals surface area contributed by atoms with Gasteiger partial charge in [-0.15, -0.1) is 0 Å². The van der Waals surface area contributed by atoms with Crippen molar-refractivity contribution in [1.29, 1.82) is 0 Å². The summed E-state index contributed by atoms with van der Waals surface area (Å²) in [6.45, 7) is 5.69. The van der Waals surface area contributed by atoms with Crippen molar-refractivity contribution in [2.45, 2.75) is 57.8 Å². The minimum absolute atomic E-state index is 0.167. The number of allylic oxidation sites excluding steroid dienone is 2. The fourth-order valence-electron chi connectivity index (χ4n) is 3.31. The van der Waals surface area contributed by atoms with Gasteiger partial charge in [0, 0.05) is 30.8 Å². The largest absolute Gasteiger partial charge is 0.342 e. The number of carbonyl (C=O) groups is 1. The number of hydrogen-bond donors (Lipinski definition) is 0. The molecule has 3 rings (SSSR count). The molecular formula is C17H25N3O2. The van der Waals surface area contributed by atoms with E-state index in [9.17, 15) is 4.79 Å². The molecule has 2 heterocycles. The standard InChI is InChI=1S/C17H25N3O2/c1-12(2)16-18-15(19-22-16)14-9-6-10-20(11-14)17(21)13-7-4-3-5-8-13/h3-4,12-14H,5-11H2,1-2H3/t13-,14-/m0/s1. The summed E-state index contributed by atoms with van der Waals surface area (Å²) in [6.07, 6.45) is 9.26. The van der Waals surface area contributed by atoms with E-state index in [0.29, 0.717) is 11.8 Å². The van der Waals surface area contributed by atoms with Crippen LogP contribution in [0.25, 0.3) is 0 Å². The number of aromatic nitrogens is 2. The van der Waals surface area contributed by atoms with Crippen molar-refractivity contribution in [2.75, 3.05) is 13.1 Å². The Morgan fingerprint density at radius 1 is 1.36 bits per heavy atom. The third-order valence-electron chi connectivity index (χ3n) is 4.67. The molecule has 5 heteroatoms. The van der Waals surface area contributed by atoms with E-state index in [4.69, 9.17) is 4.52 Å². The number of hydrogen-bond acceptors (Lipinski definition) is 4. The molecule has 2 atom stereocenters. The van der Waals surface area contributed by atoms with Crippen molar-refractivity contribution in [3.63, 3.8) is 0 Å². The van der Waals surface area contributed by atoms with Gasteiger partial charge >= 0.3 is 0 Å². The molecule has 0 saturated carbocycles. The van der Waals surface area contributed by atoms with Gasteiger partial charge in [0.2, 0.25) is 11.8 Å². The molecule has 22 heavy (non-hydrogen) atoms. The number of amides is 1. The van der Waals surface area contributed by atoms with Crippen molar-refractivity contribution in [3.8, 4) is 0 Å². The highest BCUT2D eigenvalue weighted by Gasteiger charge is 2.31. The van der Waals surface area contributed by atoms with Crippen LogP contribution in [0.4, 0.5) is 0 Å². The normalized spacial score (nSPS) is 25.7. The Morgan fingerprint density at radius 2 is 2.23 bits per heavy atom. The summed E-state index contributed by atoms with van der Waals surface area (Å²) in [5, 5.41) is 4.13. The third kappa shape index (κ3) is 3.23. The van der Waals surface area contributed by atoms with Gasteiger partial charge in [-0.1, -0.05) is 31.2 Å². The monoisotopic (exact) mass is 303 g/mol. The van der Waals surface area contributed by atoms with Crippen molar-refractivity contribution in [1.82, 2.24) is 15.0 Å². The molecule has 0 N–H and O–H groups in total. The van der Waals surface area contributed by atoms with Gasteiger partial charge in [0.25, 0.3) is 0 Å². The molecule has 1 amide bonds. The van der Waals surface area contributed by atoms with Crippen molar-refractivity contribution >= 4 is 5.91 Å². The number of nitrogens with zero attached hydrogens (tertiary/aromatic N) is 3. The van der Waals surface area contributed by atoms with Crippen LogP contribution in [0.1, 0.15) is 69.5 Å². The first-order chi connectivity index (χ1) is 10.6. The van der Waals surface area contributed by atoms with Crippen LogP contribution >= 0.6 is 0 Å². The summed E-state index contributed by atoms with van der Waals surface area (Å²) in [6, 6.07) is 0. The Labute approximate surface area is 131 Å². The topological polar surface area (TPSA) is 59.2 Å². The van der Waals surface area contributed by atoms with Crippen LogP contribution < -0.4 is 0 Å². The first-order valence-corrected chi connectivity index (χ1v) is 8.42. The molecule has 5 nitrogen and oxygen atoms in total. The van der Waals surface area contributed by atoms with Crippen LogP contribution in [0.15, 0.2) is 16.7 Å². The molecule has 120 valence electrons. The van der Waals surface area contributed by atoms with E-state index in [-0.39, 0.29) is 17.8 Å². The Bertz CT molecular complexity index is 550. The molecule has 0 aromatic carbocycles. The highest BCUT2D eigenvalue weighted by molar-refractivity contribution is 5.79. The zero-order chi connectivity index (χ0) is 15.5. The molecule has 1 fully saturated rings. The summed E-state index contributed by atoms with van der Waals surface area (Å²) in [7, 11) is 0. The van der Waals surface area contributed by atoms with E-state index in [2.05, 4.69) is 22.3 Å². The Balaban J connectivity index is 1.65. The predicted octanol–water partition coefficient (Wildman–Crippen LogP) is 3.26. The third-order valence-corrected chi connectivity index (χ3v) is 4.67. The molecule has 1 aliphatic carbocycles. The summed E-state index contributed by atoms with van der Waals surface area (Å²) >= 11 is 0. The lowest BCUT2D eigenvalue weighted by atomic mass is 9.90. The molecule has 1 aromatic heterocycles. The van der Waals surface area contributed by atoms with Crippen LogP contribution in [0.3, 0.4) is 0 Å². The van der Waals surface area contributed by atoms with E-state index in [1.54, 1.807) is 0 Å². The summed E-state index contributed by atoms with van der Waals surface area (Å²) in [4.78, 5) is 19.2. The van der Waals surface area contributed by atoms with Crippen molar-refractivity contribution < 1.29 is 9.32 Å². The van der Waals surface area contributed by atoms with Crippen LogP contribution in [-0.4, -0.2) is 34.0 Å². The number of piperidine rings is 1. The van der Waals surface area contributed by atoms with Gasteiger partial charge in [0.15, 0.2) is 5.82 Å². The fraction of sp³-hybridized carbons (Fsp3) is 0.706. The first-order valence-electron chi connectivity index (χ1n) is 8.42. The minimum Gasteiger partial charge on any atom is -0.342 e. The molecule has 2 aliphatic rings. The molecule has 1 aliphatic heterocycles. The second-order valence-electron chi connectivity index (χ2n) is 6.75. The number of rotatable bonds is 3.